The Morgan fingerprint density at radius 3 is 2.39 bits per heavy atom. The van der Waals surface area contributed by atoms with E-state index in [9.17, 15) is 4.79 Å². The maximum atomic E-state index is 12.8. The van der Waals surface area contributed by atoms with Gasteiger partial charge in [0.25, 0.3) is 0 Å². The average molecular weight is 499 g/mol. The molecule has 1 aliphatic rings. The topological polar surface area (TPSA) is 48.5 Å². The summed E-state index contributed by atoms with van der Waals surface area (Å²) in [5.41, 5.74) is 4.33. The first kappa shape index (κ1) is 24.3. The molecule has 5 nitrogen and oxygen atoms in total. The molecule has 0 bridgehead atoms. The van der Waals surface area contributed by atoms with Crippen molar-refractivity contribution in [3.05, 3.63) is 107 Å². The number of fused-ring (bicyclic) bond motifs is 1. The molecule has 1 atom stereocenters. The number of hydrogen-bond donors (Lipinski definition) is 1. The minimum atomic E-state index is -0.00525. The Labute approximate surface area is 217 Å². The summed E-state index contributed by atoms with van der Waals surface area (Å²) in [7, 11) is 0. The van der Waals surface area contributed by atoms with Crippen molar-refractivity contribution < 1.29 is 4.79 Å². The summed E-state index contributed by atoms with van der Waals surface area (Å²) >= 11 is 6.17. The number of anilines is 1. The van der Waals surface area contributed by atoms with Gasteiger partial charge in [0, 0.05) is 55.0 Å². The van der Waals surface area contributed by atoms with E-state index >= 15 is 0 Å². The van der Waals surface area contributed by atoms with Crippen molar-refractivity contribution in [3.63, 3.8) is 0 Å². The summed E-state index contributed by atoms with van der Waals surface area (Å²) in [5.74, 6) is 0.0598. The van der Waals surface area contributed by atoms with Crippen molar-refractivity contribution in [3.8, 4) is 0 Å². The zero-order valence-electron chi connectivity index (χ0n) is 20.3. The van der Waals surface area contributed by atoms with Crippen LogP contribution in [0.15, 0.2) is 91.1 Å². The van der Waals surface area contributed by atoms with Crippen LogP contribution in [-0.4, -0.2) is 48.5 Å². The molecular formula is C30H31ClN4O. The van der Waals surface area contributed by atoms with Crippen LogP contribution in [0.4, 0.5) is 5.69 Å². The second kappa shape index (κ2) is 11.5. The number of benzene rings is 3. The molecule has 0 radical (unpaired) electrons. The number of carbonyl (C=O) groups is 1. The Balaban J connectivity index is 1.19. The molecule has 1 N–H and O–H groups in total. The lowest BCUT2D eigenvalue weighted by Crippen LogP contribution is -2.47. The summed E-state index contributed by atoms with van der Waals surface area (Å²) in [6.45, 7) is 4.82. The number of aromatic nitrogens is 1. The second-order valence-corrected chi connectivity index (χ2v) is 9.74. The fourth-order valence-electron chi connectivity index (χ4n) is 4.94. The fourth-order valence-corrected chi connectivity index (χ4v) is 5.11. The number of piperazine rings is 1. The van der Waals surface area contributed by atoms with E-state index in [0.717, 1.165) is 61.2 Å². The third-order valence-corrected chi connectivity index (χ3v) is 7.11. The highest BCUT2D eigenvalue weighted by Gasteiger charge is 2.21. The lowest BCUT2D eigenvalue weighted by Gasteiger charge is -2.37. The molecule has 3 aromatic carbocycles. The van der Waals surface area contributed by atoms with Gasteiger partial charge in [-0.25, -0.2) is 0 Å². The smallest absolute Gasteiger partial charge is 0.224 e. The minimum absolute atomic E-state index is 0.00525. The van der Waals surface area contributed by atoms with Crippen LogP contribution in [0.1, 0.15) is 23.6 Å². The molecule has 1 aromatic heterocycles. The fraction of sp³-hybridized carbons (Fsp3) is 0.267. The normalized spacial score (nSPS) is 15.1. The number of rotatable bonds is 8. The van der Waals surface area contributed by atoms with Gasteiger partial charge in [-0.1, -0.05) is 72.3 Å². The van der Waals surface area contributed by atoms with E-state index in [1.165, 1.54) is 5.69 Å². The van der Waals surface area contributed by atoms with Gasteiger partial charge in [0.05, 0.1) is 18.0 Å². The van der Waals surface area contributed by atoms with Crippen molar-refractivity contribution in [1.82, 2.24) is 15.2 Å². The molecule has 0 spiro atoms. The van der Waals surface area contributed by atoms with E-state index in [1.54, 1.807) is 0 Å². The van der Waals surface area contributed by atoms with Crippen LogP contribution in [0.5, 0.6) is 0 Å². The quantitative estimate of drug-likeness (QED) is 0.348. The zero-order valence-corrected chi connectivity index (χ0v) is 21.1. The standard InChI is InChI=1S/C30H31ClN4O/c31-25-11-12-26-28(22-25)32-15-13-29(26)35-19-17-34(18-20-35)16-14-27(24-9-5-2-6-10-24)33-30(36)21-23-7-3-1-4-8-23/h1-13,15,22,27H,14,16-21H2,(H,33,36)/t27-/m0/s1. The van der Waals surface area contributed by atoms with Crippen molar-refractivity contribution >= 4 is 34.1 Å². The van der Waals surface area contributed by atoms with Gasteiger partial charge in [-0.05, 0) is 41.8 Å². The summed E-state index contributed by atoms with van der Waals surface area (Å²) in [6.07, 6.45) is 3.14. The Morgan fingerprint density at radius 1 is 0.917 bits per heavy atom. The van der Waals surface area contributed by atoms with Crippen LogP contribution in [0.25, 0.3) is 10.9 Å². The molecule has 1 amide bonds. The average Bonchev–Trinajstić information content (AvgIpc) is 2.92. The van der Waals surface area contributed by atoms with Crippen LogP contribution in [0, 0.1) is 0 Å². The van der Waals surface area contributed by atoms with Gasteiger partial charge in [0.15, 0.2) is 0 Å². The van der Waals surface area contributed by atoms with E-state index in [2.05, 4.69) is 44.4 Å². The number of amides is 1. The van der Waals surface area contributed by atoms with Crippen LogP contribution in [-0.2, 0) is 11.2 Å². The maximum Gasteiger partial charge on any atom is 0.224 e. The first-order valence-corrected chi connectivity index (χ1v) is 12.9. The van der Waals surface area contributed by atoms with Gasteiger partial charge >= 0.3 is 0 Å². The number of pyridine rings is 1. The molecule has 4 aromatic rings. The molecule has 1 saturated heterocycles. The zero-order chi connectivity index (χ0) is 24.7. The van der Waals surface area contributed by atoms with E-state index in [0.29, 0.717) is 11.4 Å². The molecule has 184 valence electrons. The minimum Gasteiger partial charge on any atom is -0.368 e. The number of halogens is 1. The summed E-state index contributed by atoms with van der Waals surface area (Å²) < 4.78 is 0. The van der Waals surface area contributed by atoms with E-state index in [-0.39, 0.29) is 11.9 Å². The molecule has 0 saturated carbocycles. The molecule has 36 heavy (non-hydrogen) atoms. The molecule has 0 aliphatic carbocycles. The van der Waals surface area contributed by atoms with Gasteiger partial charge < -0.3 is 10.2 Å². The highest BCUT2D eigenvalue weighted by Crippen LogP contribution is 2.28. The second-order valence-electron chi connectivity index (χ2n) is 9.30. The molecule has 6 heteroatoms. The highest BCUT2D eigenvalue weighted by atomic mass is 35.5. The van der Waals surface area contributed by atoms with Gasteiger partial charge in [0.1, 0.15) is 0 Å². The van der Waals surface area contributed by atoms with Gasteiger partial charge in [-0.2, -0.15) is 0 Å². The van der Waals surface area contributed by atoms with Crippen molar-refractivity contribution in [2.75, 3.05) is 37.6 Å². The predicted molar refractivity (Wildman–Crippen MR) is 147 cm³/mol. The number of nitrogens with zero attached hydrogens (tertiary/aromatic N) is 3. The Bertz CT molecular complexity index is 1290. The summed E-state index contributed by atoms with van der Waals surface area (Å²) in [6, 6.07) is 28.2. The molecule has 1 aliphatic heterocycles. The largest absolute Gasteiger partial charge is 0.368 e. The van der Waals surface area contributed by atoms with Crippen LogP contribution < -0.4 is 10.2 Å². The van der Waals surface area contributed by atoms with Gasteiger partial charge in [-0.15, -0.1) is 0 Å². The number of carbonyl (C=O) groups excluding carboxylic acids is 1. The maximum absolute atomic E-state index is 12.8. The lowest BCUT2D eigenvalue weighted by molar-refractivity contribution is -0.121. The van der Waals surface area contributed by atoms with Crippen molar-refractivity contribution in [1.29, 1.82) is 0 Å². The van der Waals surface area contributed by atoms with E-state index < -0.39 is 0 Å². The first-order chi connectivity index (χ1) is 17.7. The van der Waals surface area contributed by atoms with Gasteiger partial charge in [-0.3, -0.25) is 14.7 Å². The Hall–Kier alpha value is -3.41. The van der Waals surface area contributed by atoms with Crippen LogP contribution in [0.3, 0.4) is 0 Å². The summed E-state index contributed by atoms with van der Waals surface area (Å²) in [5, 5.41) is 5.14. The Kier molecular flexibility index (Phi) is 7.79. The number of nitrogens with one attached hydrogen (secondary N) is 1. The molecular weight excluding hydrogens is 468 g/mol. The number of hydrogen-bond acceptors (Lipinski definition) is 4. The van der Waals surface area contributed by atoms with Gasteiger partial charge in [0.2, 0.25) is 5.91 Å². The van der Waals surface area contributed by atoms with Crippen LogP contribution in [0.2, 0.25) is 5.02 Å². The summed E-state index contributed by atoms with van der Waals surface area (Å²) in [4.78, 5) is 22.2. The SMILES string of the molecule is O=C(Cc1ccccc1)N[C@@H](CCN1CCN(c2ccnc3cc(Cl)ccc23)CC1)c1ccccc1. The molecule has 2 heterocycles. The first-order valence-electron chi connectivity index (χ1n) is 12.6. The third kappa shape index (κ3) is 6.04. The third-order valence-electron chi connectivity index (χ3n) is 6.87. The highest BCUT2D eigenvalue weighted by molar-refractivity contribution is 6.31. The lowest BCUT2D eigenvalue weighted by atomic mass is 10.0. The van der Waals surface area contributed by atoms with E-state index in [4.69, 9.17) is 11.6 Å². The molecule has 0 unspecified atom stereocenters. The van der Waals surface area contributed by atoms with E-state index in [1.807, 2.05) is 66.9 Å². The molecule has 1 fully saturated rings. The monoisotopic (exact) mass is 498 g/mol. The predicted octanol–water partition coefficient (Wildman–Crippen LogP) is 5.50. The van der Waals surface area contributed by atoms with Crippen LogP contribution >= 0.6 is 11.6 Å². The molecule has 5 rings (SSSR count). The van der Waals surface area contributed by atoms with Crippen molar-refractivity contribution in [2.24, 2.45) is 0 Å². The Morgan fingerprint density at radius 2 is 1.64 bits per heavy atom. The van der Waals surface area contributed by atoms with Crippen molar-refractivity contribution in [2.45, 2.75) is 18.9 Å².